The standard InChI is InChI=1S/C19H31Cl2N5/c1-22-19(25(3)15-16-6-7-17(20)18(21)14-16)23-8-4-5-9-26-12-10-24(2)11-13-26/h6-7,14H,4-5,8-13,15H2,1-3H3,(H,22,23). The predicted octanol–water partition coefficient (Wildman–Crippen LogP) is 3.03. The van der Waals surface area contributed by atoms with E-state index >= 15 is 0 Å². The smallest absolute Gasteiger partial charge is 0.193 e. The van der Waals surface area contributed by atoms with E-state index in [2.05, 4.69) is 32.1 Å². The molecule has 0 unspecified atom stereocenters. The number of aliphatic imine (C=N–C) groups is 1. The lowest BCUT2D eigenvalue weighted by molar-refractivity contribution is 0.152. The molecule has 7 heteroatoms. The van der Waals surface area contributed by atoms with E-state index < -0.39 is 0 Å². The lowest BCUT2D eigenvalue weighted by Crippen LogP contribution is -2.44. The highest BCUT2D eigenvalue weighted by molar-refractivity contribution is 6.42. The molecule has 1 saturated heterocycles. The van der Waals surface area contributed by atoms with E-state index in [4.69, 9.17) is 23.2 Å². The zero-order chi connectivity index (χ0) is 18.9. The van der Waals surface area contributed by atoms with E-state index in [-0.39, 0.29) is 0 Å². The Hall–Kier alpha value is -1.01. The van der Waals surface area contributed by atoms with Gasteiger partial charge in [-0.05, 0) is 44.1 Å². The Morgan fingerprint density at radius 3 is 2.54 bits per heavy atom. The van der Waals surface area contributed by atoms with Crippen molar-refractivity contribution in [2.24, 2.45) is 4.99 Å². The molecular weight excluding hydrogens is 369 g/mol. The zero-order valence-corrected chi connectivity index (χ0v) is 17.7. The number of hydrogen-bond donors (Lipinski definition) is 1. The maximum absolute atomic E-state index is 6.10. The van der Waals surface area contributed by atoms with Crippen LogP contribution in [0.2, 0.25) is 10.0 Å². The maximum Gasteiger partial charge on any atom is 0.193 e. The van der Waals surface area contributed by atoms with E-state index in [1.165, 1.54) is 39.1 Å². The summed E-state index contributed by atoms with van der Waals surface area (Å²) in [7, 11) is 6.04. The van der Waals surface area contributed by atoms with Gasteiger partial charge in [-0.15, -0.1) is 0 Å². The Bertz CT molecular complexity index is 585. The normalized spacial score (nSPS) is 16.7. The summed E-state index contributed by atoms with van der Waals surface area (Å²) in [6.07, 6.45) is 2.36. The summed E-state index contributed by atoms with van der Waals surface area (Å²) in [6, 6.07) is 5.74. The van der Waals surface area contributed by atoms with Crippen LogP contribution < -0.4 is 5.32 Å². The minimum absolute atomic E-state index is 0.584. The molecule has 1 aliphatic rings. The third-order valence-electron chi connectivity index (χ3n) is 4.76. The maximum atomic E-state index is 6.10. The van der Waals surface area contributed by atoms with Gasteiger partial charge < -0.3 is 20.0 Å². The summed E-state index contributed by atoms with van der Waals surface area (Å²) < 4.78 is 0. The van der Waals surface area contributed by atoms with Crippen molar-refractivity contribution in [2.45, 2.75) is 19.4 Å². The third kappa shape index (κ3) is 6.95. The Morgan fingerprint density at radius 2 is 1.88 bits per heavy atom. The third-order valence-corrected chi connectivity index (χ3v) is 5.50. The Morgan fingerprint density at radius 1 is 1.15 bits per heavy atom. The van der Waals surface area contributed by atoms with E-state index in [1.54, 1.807) is 0 Å². The van der Waals surface area contributed by atoms with E-state index in [0.29, 0.717) is 10.0 Å². The summed E-state index contributed by atoms with van der Waals surface area (Å²) >= 11 is 12.1. The van der Waals surface area contributed by atoms with Gasteiger partial charge in [0.2, 0.25) is 0 Å². The molecule has 146 valence electrons. The van der Waals surface area contributed by atoms with Crippen molar-refractivity contribution >= 4 is 29.2 Å². The second-order valence-corrected chi connectivity index (χ2v) is 7.74. The van der Waals surface area contributed by atoms with Crippen molar-refractivity contribution in [3.8, 4) is 0 Å². The monoisotopic (exact) mass is 399 g/mol. The fourth-order valence-corrected chi connectivity index (χ4v) is 3.42. The molecule has 1 aromatic carbocycles. The largest absolute Gasteiger partial charge is 0.356 e. The van der Waals surface area contributed by atoms with Gasteiger partial charge in [-0.25, -0.2) is 0 Å². The molecule has 1 aliphatic heterocycles. The molecule has 0 radical (unpaired) electrons. The molecule has 5 nitrogen and oxygen atoms in total. The molecule has 0 saturated carbocycles. The van der Waals surface area contributed by atoms with E-state index in [1.807, 2.05) is 32.3 Å². The lowest BCUT2D eigenvalue weighted by Gasteiger charge is -2.32. The fraction of sp³-hybridized carbons (Fsp3) is 0.632. The molecule has 0 amide bonds. The molecule has 26 heavy (non-hydrogen) atoms. The average Bonchev–Trinajstić information content (AvgIpc) is 2.62. The molecular formula is C19H31Cl2N5. The summed E-state index contributed by atoms with van der Waals surface area (Å²) in [5, 5.41) is 4.62. The fourth-order valence-electron chi connectivity index (χ4n) is 3.10. The topological polar surface area (TPSA) is 34.1 Å². The number of likely N-dealkylation sites (N-methyl/N-ethyl adjacent to an activating group) is 1. The number of benzene rings is 1. The number of nitrogens with one attached hydrogen (secondary N) is 1. The van der Waals surface area contributed by atoms with Gasteiger partial charge in [0.25, 0.3) is 0 Å². The first-order valence-corrected chi connectivity index (χ1v) is 10.0. The molecule has 0 aliphatic carbocycles. The van der Waals surface area contributed by atoms with Crippen LogP contribution in [0.3, 0.4) is 0 Å². The predicted molar refractivity (Wildman–Crippen MR) is 112 cm³/mol. The molecule has 0 spiro atoms. The first-order valence-electron chi connectivity index (χ1n) is 9.26. The highest BCUT2D eigenvalue weighted by Gasteiger charge is 2.13. The molecule has 0 atom stereocenters. The highest BCUT2D eigenvalue weighted by Crippen LogP contribution is 2.23. The van der Waals surface area contributed by atoms with Crippen molar-refractivity contribution in [2.75, 3.05) is 60.4 Å². The Labute approximate surface area is 168 Å². The van der Waals surface area contributed by atoms with Gasteiger partial charge in [0.1, 0.15) is 0 Å². The van der Waals surface area contributed by atoms with Crippen LogP contribution in [-0.2, 0) is 6.54 Å². The van der Waals surface area contributed by atoms with Crippen molar-refractivity contribution in [3.05, 3.63) is 33.8 Å². The van der Waals surface area contributed by atoms with Crippen molar-refractivity contribution < 1.29 is 0 Å². The molecule has 1 N–H and O–H groups in total. The van der Waals surface area contributed by atoms with Crippen molar-refractivity contribution in [3.63, 3.8) is 0 Å². The van der Waals surface area contributed by atoms with Crippen LogP contribution >= 0.6 is 23.2 Å². The number of rotatable bonds is 7. The van der Waals surface area contributed by atoms with Crippen LogP contribution in [0.25, 0.3) is 0 Å². The quantitative estimate of drug-likeness (QED) is 0.434. The van der Waals surface area contributed by atoms with Crippen LogP contribution in [0.4, 0.5) is 0 Å². The van der Waals surface area contributed by atoms with Gasteiger partial charge in [-0.2, -0.15) is 0 Å². The first kappa shape index (κ1) is 21.3. The van der Waals surface area contributed by atoms with Crippen molar-refractivity contribution in [1.82, 2.24) is 20.0 Å². The second kappa shape index (κ2) is 11.0. The molecule has 0 bridgehead atoms. The Kier molecular flexibility index (Phi) is 8.99. The number of piperazine rings is 1. The number of halogens is 2. The van der Waals surface area contributed by atoms with E-state index in [9.17, 15) is 0 Å². The van der Waals surface area contributed by atoms with E-state index in [0.717, 1.165) is 31.0 Å². The van der Waals surface area contributed by atoms with Gasteiger partial charge in [-0.3, -0.25) is 4.99 Å². The zero-order valence-electron chi connectivity index (χ0n) is 16.1. The van der Waals surface area contributed by atoms with Crippen LogP contribution in [0.15, 0.2) is 23.2 Å². The molecule has 2 rings (SSSR count). The van der Waals surface area contributed by atoms with Gasteiger partial charge in [0, 0.05) is 53.4 Å². The minimum atomic E-state index is 0.584. The molecule has 1 fully saturated rings. The van der Waals surface area contributed by atoms with Gasteiger partial charge >= 0.3 is 0 Å². The number of hydrogen-bond acceptors (Lipinski definition) is 3. The number of unbranched alkanes of at least 4 members (excludes halogenated alkanes) is 1. The van der Waals surface area contributed by atoms with Crippen molar-refractivity contribution in [1.29, 1.82) is 0 Å². The summed E-state index contributed by atoms with van der Waals surface area (Å²) in [4.78, 5) is 11.4. The number of nitrogens with zero attached hydrogens (tertiary/aromatic N) is 4. The Balaban J connectivity index is 1.67. The summed E-state index contributed by atoms with van der Waals surface area (Å²) in [5.74, 6) is 0.899. The van der Waals surface area contributed by atoms with Gasteiger partial charge in [0.05, 0.1) is 10.0 Å². The highest BCUT2D eigenvalue weighted by atomic mass is 35.5. The summed E-state index contributed by atoms with van der Waals surface area (Å²) in [6.45, 7) is 7.61. The lowest BCUT2D eigenvalue weighted by atomic mass is 10.2. The average molecular weight is 400 g/mol. The van der Waals surface area contributed by atoms with Crippen LogP contribution in [-0.4, -0.2) is 81.1 Å². The molecule has 1 aromatic rings. The minimum Gasteiger partial charge on any atom is -0.356 e. The number of guanidine groups is 1. The van der Waals surface area contributed by atoms with Crippen LogP contribution in [0.5, 0.6) is 0 Å². The SMILES string of the molecule is CN=C(NCCCCN1CCN(C)CC1)N(C)Cc1ccc(Cl)c(Cl)c1. The molecule has 0 aromatic heterocycles. The van der Waals surface area contributed by atoms with Crippen LogP contribution in [0.1, 0.15) is 18.4 Å². The molecule has 1 heterocycles. The first-order chi connectivity index (χ1) is 12.5. The second-order valence-electron chi connectivity index (χ2n) is 6.93. The van der Waals surface area contributed by atoms with Crippen LogP contribution in [0, 0.1) is 0 Å². The summed E-state index contributed by atoms with van der Waals surface area (Å²) in [5.41, 5.74) is 1.11. The van der Waals surface area contributed by atoms with Gasteiger partial charge in [0.15, 0.2) is 5.96 Å². The van der Waals surface area contributed by atoms with Gasteiger partial charge in [-0.1, -0.05) is 29.3 Å².